The van der Waals surface area contributed by atoms with Gasteiger partial charge in [0.25, 0.3) is 0 Å². The number of hydrogen-bond acceptors (Lipinski definition) is 4. The lowest BCUT2D eigenvalue weighted by molar-refractivity contribution is -0.152. The number of esters is 1. The zero-order valence-electron chi connectivity index (χ0n) is 15.4. The van der Waals surface area contributed by atoms with Crippen LogP contribution in [0.25, 0.3) is 0 Å². The Morgan fingerprint density at radius 1 is 1.23 bits per heavy atom. The summed E-state index contributed by atoms with van der Waals surface area (Å²) >= 11 is 0. The van der Waals surface area contributed by atoms with Crippen molar-refractivity contribution in [3.05, 3.63) is 35.4 Å². The van der Waals surface area contributed by atoms with Crippen molar-refractivity contribution in [3.8, 4) is 6.07 Å². The molecular formula is C22H25NO3. The number of rotatable bonds is 2. The van der Waals surface area contributed by atoms with Crippen LogP contribution in [0.2, 0.25) is 0 Å². The number of hydrogen-bond donors (Lipinski definition) is 0. The first-order valence-corrected chi connectivity index (χ1v) is 9.61. The summed E-state index contributed by atoms with van der Waals surface area (Å²) in [5.41, 5.74) is 1.85. The van der Waals surface area contributed by atoms with Gasteiger partial charge >= 0.3 is 5.97 Å². The molecule has 0 radical (unpaired) electrons. The average molecular weight is 351 g/mol. The first-order valence-electron chi connectivity index (χ1n) is 9.61. The summed E-state index contributed by atoms with van der Waals surface area (Å²) in [7, 11) is 1.42. The van der Waals surface area contributed by atoms with E-state index in [0.717, 1.165) is 25.7 Å². The first kappa shape index (κ1) is 17.3. The van der Waals surface area contributed by atoms with Gasteiger partial charge < -0.3 is 4.74 Å². The normalized spacial score (nSPS) is 37.7. The zero-order chi connectivity index (χ0) is 18.5. The Kier molecular flexibility index (Phi) is 4.14. The van der Waals surface area contributed by atoms with Gasteiger partial charge in [0, 0.05) is 11.8 Å². The molecule has 0 unspecified atom stereocenters. The molecule has 0 amide bonds. The number of nitriles is 1. The van der Waals surface area contributed by atoms with E-state index in [0.29, 0.717) is 6.42 Å². The van der Waals surface area contributed by atoms with E-state index in [2.05, 4.69) is 24.3 Å². The van der Waals surface area contributed by atoms with E-state index in [4.69, 9.17) is 4.74 Å². The van der Waals surface area contributed by atoms with Crippen LogP contribution in [0.3, 0.4) is 0 Å². The summed E-state index contributed by atoms with van der Waals surface area (Å²) in [6, 6.07) is 10.9. The van der Waals surface area contributed by atoms with Gasteiger partial charge in [-0.05, 0) is 62.0 Å². The molecule has 4 nitrogen and oxygen atoms in total. The van der Waals surface area contributed by atoms with E-state index in [1.54, 1.807) is 6.92 Å². The van der Waals surface area contributed by atoms with Crippen molar-refractivity contribution in [1.29, 1.82) is 5.26 Å². The number of methoxy groups -OCH3 is 1. The Balaban J connectivity index is 1.85. The van der Waals surface area contributed by atoms with Gasteiger partial charge in [-0.3, -0.25) is 9.59 Å². The highest BCUT2D eigenvalue weighted by atomic mass is 16.5. The lowest BCUT2D eigenvalue weighted by Crippen LogP contribution is -2.50. The topological polar surface area (TPSA) is 67.2 Å². The number of benzene rings is 1. The van der Waals surface area contributed by atoms with Gasteiger partial charge in [-0.15, -0.1) is 0 Å². The van der Waals surface area contributed by atoms with E-state index >= 15 is 0 Å². The van der Waals surface area contributed by atoms with E-state index in [1.807, 2.05) is 6.07 Å². The zero-order valence-corrected chi connectivity index (χ0v) is 15.4. The standard InChI is InChI=1S/C22H25NO3/c1-13(24)18-9-10-19-16-8-7-14-5-3-4-6-15(14)20(16)17(21(25)26-2)11-22(18,19)12-23/h3-6,16-20H,7-11H2,1-2H3/t16-,17+,18+,19-,20+,22-/m0/s1. The van der Waals surface area contributed by atoms with Gasteiger partial charge in [-0.2, -0.15) is 5.26 Å². The summed E-state index contributed by atoms with van der Waals surface area (Å²) in [6.45, 7) is 1.60. The van der Waals surface area contributed by atoms with Crippen LogP contribution >= 0.6 is 0 Å². The molecular weight excluding hydrogens is 326 g/mol. The van der Waals surface area contributed by atoms with Crippen molar-refractivity contribution in [1.82, 2.24) is 0 Å². The molecule has 2 fully saturated rings. The third kappa shape index (κ3) is 2.26. The van der Waals surface area contributed by atoms with Crippen molar-refractivity contribution in [3.63, 3.8) is 0 Å². The number of carbonyl (C=O) groups is 2. The quantitative estimate of drug-likeness (QED) is 0.763. The molecule has 0 spiro atoms. The number of Topliss-reactive ketones (excluding diaryl/α,β-unsaturated/α-hetero) is 1. The van der Waals surface area contributed by atoms with Crippen molar-refractivity contribution in [2.45, 2.75) is 44.9 Å². The maximum Gasteiger partial charge on any atom is 0.309 e. The third-order valence-corrected chi connectivity index (χ3v) is 7.38. The number of fused-ring (bicyclic) bond motifs is 5. The first-order chi connectivity index (χ1) is 12.5. The van der Waals surface area contributed by atoms with Crippen LogP contribution < -0.4 is 0 Å². The molecule has 0 bridgehead atoms. The average Bonchev–Trinajstić information content (AvgIpc) is 3.06. The second kappa shape index (κ2) is 6.23. The van der Waals surface area contributed by atoms with Crippen molar-refractivity contribution in [2.75, 3.05) is 7.11 Å². The fourth-order valence-electron chi connectivity index (χ4n) is 6.44. The predicted molar refractivity (Wildman–Crippen MR) is 96.1 cm³/mol. The number of ketones is 1. The minimum absolute atomic E-state index is 0.0901. The Morgan fingerprint density at radius 3 is 2.69 bits per heavy atom. The highest BCUT2D eigenvalue weighted by Gasteiger charge is 2.63. The van der Waals surface area contributed by atoms with Crippen LogP contribution in [0.15, 0.2) is 24.3 Å². The van der Waals surface area contributed by atoms with Crippen molar-refractivity contribution < 1.29 is 14.3 Å². The van der Waals surface area contributed by atoms with E-state index in [1.165, 1.54) is 18.2 Å². The molecule has 2 saturated carbocycles. The number of nitrogens with zero attached hydrogens (tertiary/aromatic N) is 1. The number of aryl methyl sites for hydroxylation is 1. The minimum Gasteiger partial charge on any atom is -0.469 e. The summed E-state index contributed by atoms with van der Waals surface area (Å²) in [5.74, 6) is -0.173. The van der Waals surface area contributed by atoms with E-state index < -0.39 is 5.41 Å². The van der Waals surface area contributed by atoms with Gasteiger partial charge in [0.05, 0.1) is 24.5 Å². The molecule has 26 heavy (non-hydrogen) atoms. The van der Waals surface area contributed by atoms with Crippen molar-refractivity contribution in [2.24, 2.45) is 29.1 Å². The molecule has 0 heterocycles. The lowest BCUT2D eigenvalue weighted by Gasteiger charge is -2.51. The van der Waals surface area contributed by atoms with Crippen LogP contribution in [0.4, 0.5) is 0 Å². The number of ether oxygens (including phenoxy) is 1. The van der Waals surface area contributed by atoms with Gasteiger partial charge in [-0.1, -0.05) is 24.3 Å². The van der Waals surface area contributed by atoms with Crippen LogP contribution in [-0.4, -0.2) is 18.9 Å². The van der Waals surface area contributed by atoms with Gasteiger partial charge in [0.1, 0.15) is 5.78 Å². The molecule has 3 aliphatic carbocycles. The maximum absolute atomic E-state index is 12.7. The minimum atomic E-state index is -0.710. The third-order valence-electron chi connectivity index (χ3n) is 7.38. The summed E-state index contributed by atoms with van der Waals surface area (Å²) in [4.78, 5) is 25.0. The maximum atomic E-state index is 12.7. The van der Waals surface area contributed by atoms with Crippen molar-refractivity contribution >= 4 is 11.8 Å². The molecule has 1 aromatic rings. The van der Waals surface area contributed by atoms with Gasteiger partial charge in [0.2, 0.25) is 0 Å². The van der Waals surface area contributed by atoms with Gasteiger partial charge in [0.15, 0.2) is 0 Å². The van der Waals surface area contributed by atoms with Crippen LogP contribution in [0, 0.1) is 40.4 Å². The molecule has 0 N–H and O–H groups in total. The number of carbonyl (C=O) groups excluding carboxylic acids is 2. The molecule has 0 aliphatic heterocycles. The smallest absolute Gasteiger partial charge is 0.309 e. The monoisotopic (exact) mass is 351 g/mol. The lowest BCUT2D eigenvalue weighted by atomic mass is 9.50. The highest BCUT2D eigenvalue weighted by molar-refractivity contribution is 5.81. The van der Waals surface area contributed by atoms with Crippen LogP contribution in [0.5, 0.6) is 0 Å². The summed E-state index contributed by atoms with van der Waals surface area (Å²) in [5, 5.41) is 10.2. The van der Waals surface area contributed by atoms with Gasteiger partial charge in [-0.25, -0.2) is 0 Å². The molecule has 4 rings (SSSR count). The molecule has 4 heteroatoms. The molecule has 136 valence electrons. The Hall–Kier alpha value is -2.15. The Bertz CT molecular complexity index is 795. The fourth-order valence-corrected chi connectivity index (χ4v) is 6.44. The Morgan fingerprint density at radius 2 is 2.00 bits per heavy atom. The highest BCUT2D eigenvalue weighted by Crippen LogP contribution is 2.64. The van der Waals surface area contributed by atoms with Crippen LogP contribution in [0.1, 0.15) is 49.7 Å². The molecule has 0 saturated heterocycles. The van der Waals surface area contributed by atoms with Crippen LogP contribution in [-0.2, 0) is 20.7 Å². The fraction of sp³-hybridized carbons (Fsp3) is 0.591. The molecule has 1 aromatic carbocycles. The predicted octanol–water partition coefficient (Wildman–Crippen LogP) is 3.65. The summed E-state index contributed by atoms with van der Waals surface area (Å²) in [6.07, 6.45) is 4.09. The SMILES string of the molecule is COC(=O)[C@@H]1C[C@]2(C#N)[C@@H](C(C)=O)CC[C@H]2[C@@H]2CCc3ccccc3[C@H]21. The molecule has 6 atom stereocenters. The van der Waals surface area contributed by atoms with E-state index in [9.17, 15) is 14.9 Å². The van der Waals surface area contributed by atoms with E-state index in [-0.39, 0.29) is 41.3 Å². The second-order valence-corrected chi connectivity index (χ2v) is 8.26. The Labute approximate surface area is 154 Å². The second-order valence-electron chi connectivity index (χ2n) is 8.26. The largest absolute Gasteiger partial charge is 0.469 e. The molecule has 3 aliphatic rings. The summed E-state index contributed by atoms with van der Waals surface area (Å²) < 4.78 is 5.15. The molecule has 0 aromatic heterocycles.